The Morgan fingerprint density at radius 2 is 1.81 bits per heavy atom. The van der Waals surface area contributed by atoms with Crippen LogP contribution in [0.2, 0.25) is 0 Å². The van der Waals surface area contributed by atoms with Gasteiger partial charge in [0.05, 0.1) is 24.1 Å². The van der Waals surface area contributed by atoms with Crippen LogP contribution in [0.3, 0.4) is 0 Å². The number of aryl methyl sites for hydroxylation is 1. The average Bonchev–Trinajstić information content (AvgIpc) is 3.10. The predicted octanol–water partition coefficient (Wildman–Crippen LogP) is 4.74. The SMILES string of the molecule is CCOc1ccc(NC(=O)c2c(C)oc3ccn(Cc4ccc(F)cc4)c(=O)c23)cc1. The van der Waals surface area contributed by atoms with Gasteiger partial charge < -0.3 is 19.0 Å². The number of nitrogens with one attached hydrogen (secondary N) is 1. The Balaban J connectivity index is 1.66. The lowest BCUT2D eigenvalue weighted by atomic mass is 10.1. The number of halogens is 1. The minimum absolute atomic E-state index is 0.197. The molecule has 2 aromatic carbocycles. The molecule has 0 bridgehead atoms. The Hall–Kier alpha value is -3.87. The van der Waals surface area contributed by atoms with E-state index in [9.17, 15) is 14.0 Å². The second kappa shape index (κ2) is 8.47. The lowest BCUT2D eigenvalue weighted by Crippen LogP contribution is -2.22. The first-order valence-electron chi connectivity index (χ1n) is 9.87. The molecule has 1 amide bonds. The first-order valence-corrected chi connectivity index (χ1v) is 9.87. The molecule has 0 saturated heterocycles. The molecule has 0 fully saturated rings. The van der Waals surface area contributed by atoms with E-state index >= 15 is 0 Å². The van der Waals surface area contributed by atoms with Gasteiger partial charge in [-0.15, -0.1) is 0 Å². The third-order valence-electron chi connectivity index (χ3n) is 4.91. The number of anilines is 1. The fourth-order valence-corrected chi connectivity index (χ4v) is 3.44. The lowest BCUT2D eigenvalue weighted by molar-refractivity contribution is 0.102. The van der Waals surface area contributed by atoms with Crippen LogP contribution in [0, 0.1) is 12.7 Å². The molecule has 0 radical (unpaired) electrons. The van der Waals surface area contributed by atoms with Crippen LogP contribution in [0.1, 0.15) is 28.6 Å². The number of pyridine rings is 1. The number of rotatable bonds is 6. The summed E-state index contributed by atoms with van der Waals surface area (Å²) in [7, 11) is 0. The number of furan rings is 1. The summed E-state index contributed by atoms with van der Waals surface area (Å²) in [5.41, 5.74) is 1.53. The largest absolute Gasteiger partial charge is 0.494 e. The van der Waals surface area contributed by atoms with Gasteiger partial charge in [0.25, 0.3) is 11.5 Å². The van der Waals surface area contributed by atoms with Crippen molar-refractivity contribution in [2.24, 2.45) is 0 Å². The van der Waals surface area contributed by atoms with E-state index in [1.54, 1.807) is 55.6 Å². The topological polar surface area (TPSA) is 73.5 Å². The van der Waals surface area contributed by atoms with Crippen LogP contribution in [0.25, 0.3) is 11.0 Å². The van der Waals surface area contributed by atoms with Crippen molar-refractivity contribution >= 4 is 22.6 Å². The minimum atomic E-state index is -0.433. The standard InChI is InChI=1S/C24H21FN2O4/c1-3-30-19-10-8-18(9-11-19)26-23(28)21-15(2)31-20-12-13-27(24(29)22(20)21)14-16-4-6-17(25)7-5-16/h4-13H,3,14H2,1-2H3,(H,26,28). The second-order valence-corrected chi connectivity index (χ2v) is 7.06. The number of carbonyl (C=O) groups excluding carboxylic acids is 1. The number of benzene rings is 2. The highest BCUT2D eigenvalue weighted by Gasteiger charge is 2.22. The van der Waals surface area contributed by atoms with Crippen molar-refractivity contribution in [2.75, 3.05) is 11.9 Å². The van der Waals surface area contributed by atoms with Gasteiger partial charge in [0, 0.05) is 11.9 Å². The van der Waals surface area contributed by atoms with Gasteiger partial charge >= 0.3 is 0 Å². The molecule has 0 unspecified atom stereocenters. The van der Waals surface area contributed by atoms with Gasteiger partial charge in [-0.25, -0.2) is 4.39 Å². The highest BCUT2D eigenvalue weighted by Crippen LogP contribution is 2.24. The van der Waals surface area contributed by atoms with Gasteiger partial charge in [0.2, 0.25) is 0 Å². The van der Waals surface area contributed by atoms with Gasteiger partial charge in [-0.1, -0.05) is 12.1 Å². The number of hydrogen-bond donors (Lipinski definition) is 1. The Kier molecular flexibility index (Phi) is 5.58. The molecule has 0 atom stereocenters. The Labute approximate surface area is 177 Å². The van der Waals surface area contributed by atoms with Crippen LogP contribution in [0.15, 0.2) is 70.0 Å². The molecule has 4 rings (SSSR count). The first kappa shape index (κ1) is 20.4. The van der Waals surface area contributed by atoms with Crippen molar-refractivity contribution in [1.29, 1.82) is 0 Å². The van der Waals surface area contributed by atoms with Crippen molar-refractivity contribution in [1.82, 2.24) is 4.57 Å². The van der Waals surface area contributed by atoms with Crippen LogP contribution < -0.4 is 15.6 Å². The van der Waals surface area contributed by atoms with E-state index in [2.05, 4.69) is 5.32 Å². The van der Waals surface area contributed by atoms with Crippen LogP contribution in [-0.4, -0.2) is 17.1 Å². The van der Waals surface area contributed by atoms with Crippen molar-refractivity contribution in [3.8, 4) is 5.75 Å². The van der Waals surface area contributed by atoms with Gasteiger partial charge in [-0.3, -0.25) is 9.59 Å². The molecule has 2 aromatic heterocycles. The molecule has 158 valence electrons. The van der Waals surface area contributed by atoms with Crippen LogP contribution >= 0.6 is 0 Å². The Bertz CT molecular complexity index is 1290. The molecule has 0 saturated carbocycles. The van der Waals surface area contributed by atoms with Crippen LogP contribution in [0.4, 0.5) is 10.1 Å². The number of fused-ring (bicyclic) bond motifs is 1. The smallest absolute Gasteiger partial charge is 0.262 e. The average molecular weight is 420 g/mol. The van der Waals surface area contributed by atoms with E-state index in [1.165, 1.54) is 16.7 Å². The number of amides is 1. The van der Waals surface area contributed by atoms with Gasteiger partial charge in [-0.2, -0.15) is 0 Å². The maximum Gasteiger partial charge on any atom is 0.262 e. The summed E-state index contributed by atoms with van der Waals surface area (Å²) in [6.07, 6.45) is 1.60. The summed E-state index contributed by atoms with van der Waals surface area (Å²) in [6.45, 7) is 4.34. The summed E-state index contributed by atoms with van der Waals surface area (Å²) in [5, 5.41) is 3.02. The molecule has 0 spiro atoms. The molecule has 1 N–H and O–H groups in total. The van der Waals surface area contributed by atoms with Crippen LogP contribution in [0.5, 0.6) is 5.75 Å². The number of nitrogens with zero attached hydrogens (tertiary/aromatic N) is 1. The van der Waals surface area contributed by atoms with Crippen molar-refractivity contribution in [2.45, 2.75) is 20.4 Å². The van der Waals surface area contributed by atoms with E-state index in [4.69, 9.17) is 9.15 Å². The molecule has 31 heavy (non-hydrogen) atoms. The van der Waals surface area contributed by atoms with E-state index in [1.807, 2.05) is 6.92 Å². The molecule has 0 aliphatic heterocycles. The zero-order chi connectivity index (χ0) is 22.0. The maximum atomic E-state index is 13.2. The quantitative estimate of drug-likeness (QED) is 0.489. The minimum Gasteiger partial charge on any atom is -0.494 e. The molecule has 2 heterocycles. The molecule has 6 nitrogen and oxygen atoms in total. The number of carbonyl (C=O) groups is 1. The molecular formula is C24H21FN2O4. The highest BCUT2D eigenvalue weighted by molar-refractivity contribution is 6.13. The fraction of sp³-hybridized carbons (Fsp3) is 0.167. The highest BCUT2D eigenvalue weighted by atomic mass is 19.1. The summed E-state index contributed by atoms with van der Waals surface area (Å²) >= 11 is 0. The summed E-state index contributed by atoms with van der Waals surface area (Å²) < 4.78 is 25.7. The molecular weight excluding hydrogens is 399 g/mol. The van der Waals surface area contributed by atoms with Crippen molar-refractivity contribution < 1.29 is 18.3 Å². The van der Waals surface area contributed by atoms with Crippen molar-refractivity contribution in [3.05, 3.63) is 93.9 Å². The molecule has 4 aromatic rings. The summed E-state index contributed by atoms with van der Waals surface area (Å²) in [4.78, 5) is 26.1. The number of hydrogen-bond acceptors (Lipinski definition) is 4. The van der Waals surface area contributed by atoms with Crippen molar-refractivity contribution in [3.63, 3.8) is 0 Å². The zero-order valence-electron chi connectivity index (χ0n) is 17.1. The van der Waals surface area contributed by atoms with Gasteiger partial charge in [0.1, 0.15) is 22.9 Å². The van der Waals surface area contributed by atoms with E-state index in [-0.39, 0.29) is 28.9 Å². The van der Waals surface area contributed by atoms with E-state index in [0.717, 1.165) is 5.56 Å². The Morgan fingerprint density at radius 1 is 1.10 bits per heavy atom. The fourth-order valence-electron chi connectivity index (χ4n) is 3.44. The normalized spacial score (nSPS) is 10.9. The second-order valence-electron chi connectivity index (χ2n) is 7.06. The van der Waals surface area contributed by atoms with E-state index < -0.39 is 5.91 Å². The number of ether oxygens (including phenoxy) is 1. The van der Waals surface area contributed by atoms with Crippen LogP contribution in [-0.2, 0) is 6.54 Å². The Morgan fingerprint density at radius 3 is 2.48 bits per heavy atom. The van der Waals surface area contributed by atoms with Gasteiger partial charge in [-0.05, 0) is 61.9 Å². The molecule has 7 heteroatoms. The lowest BCUT2D eigenvalue weighted by Gasteiger charge is -2.08. The van der Waals surface area contributed by atoms with E-state index in [0.29, 0.717) is 29.4 Å². The molecule has 0 aliphatic carbocycles. The summed E-state index contributed by atoms with van der Waals surface area (Å²) in [5.74, 6) is 0.284. The number of aromatic nitrogens is 1. The third-order valence-corrected chi connectivity index (χ3v) is 4.91. The molecule has 0 aliphatic rings. The zero-order valence-corrected chi connectivity index (χ0v) is 17.1. The van der Waals surface area contributed by atoms with Gasteiger partial charge in [0.15, 0.2) is 0 Å². The predicted molar refractivity (Wildman–Crippen MR) is 116 cm³/mol. The first-order chi connectivity index (χ1) is 15.0. The monoisotopic (exact) mass is 420 g/mol. The third kappa shape index (κ3) is 4.21. The maximum absolute atomic E-state index is 13.2. The summed E-state index contributed by atoms with van der Waals surface area (Å²) in [6, 6.07) is 14.6.